The number of hydrogen-bond donors (Lipinski definition) is 2. The third kappa shape index (κ3) is 3.95. The maximum atomic E-state index is 12.0. The summed E-state index contributed by atoms with van der Waals surface area (Å²) in [6, 6.07) is 2.16. The maximum Gasteiger partial charge on any atom is 0.319 e. The van der Waals surface area contributed by atoms with Gasteiger partial charge in [0.25, 0.3) is 0 Å². The van der Waals surface area contributed by atoms with Crippen LogP contribution in [0.3, 0.4) is 0 Å². The number of rotatable bonds is 4. The Balaban J connectivity index is 2.08. The molecule has 2 rings (SSSR count). The van der Waals surface area contributed by atoms with Crippen molar-refractivity contribution in [3.8, 4) is 11.5 Å². The Labute approximate surface area is 133 Å². The number of methoxy groups -OCH3 is 2. The monoisotopic (exact) mass is 348 g/mol. The van der Waals surface area contributed by atoms with E-state index in [0.717, 1.165) is 0 Å². The molecule has 0 radical (unpaired) electrons. The Morgan fingerprint density at radius 2 is 1.95 bits per heavy atom. The van der Waals surface area contributed by atoms with Gasteiger partial charge in [-0.05, 0) is 6.42 Å². The first-order valence-corrected chi connectivity index (χ1v) is 8.74. The lowest BCUT2D eigenvalue weighted by Crippen LogP contribution is -2.38. The molecule has 0 spiro atoms. The topological polar surface area (TPSA) is 93.7 Å². The van der Waals surface area contributed by atoms with Crippen LogP contribution in [-0.4, -0.2) is 46.2 Å². The molecule has 1 aromatic rings. The molecule has 1 heterocycles. The average Bonchev–Trinajstić information content (AvgIpc) is 2.79. The van der Waals surface area contributed by atoms with Gasteiger partial charge < -0.3 is 20.1 Å². The number of hydrogen-bond acceptors (Lipinski definition) is 5. The van der Waals surface area contributed by atoms with E-state index in [1.54, 1.807) is 0 Å². The van der Waals surface area contributed by atoms with Crippen molar-refractivity contribution in [2.75, 3.05) is 31.0 Å². The minimum Gasteiger partial charge on any atom is -0.495 e. The average molecular weight is 349 g/mol. The van der Waals surface area contributed by atoms with Crippen molar-refractivity contribution < 1.29 is 22.7 Å². The Morgan fingerprint density at radius 1 is 1.27 bits per heavy atom. The lowest BCUT2D eigenvalue weighted by molar-refractivity contribution is 0.249. The number of urea groups is 1. The van der Waals surface area contributed by atoms with Crippen molar-refractivity contribution in [3.05, 3.63) is 17.2 Å². The Morgan fingerprint density at radius 3 is 2.50 bits per heavy atom. The zero-order valence-corrected chi connectivity index (χ0v) is 13.8. The molecule has 1 saturated heterocycles. The molecule has 1 aliphatic heterocycles. The van der Waals surface area contributed by atoms with Gasteiger partial charge in [-0.2, -0.15) is 0 Å². The van der Waals surface area contributed by atoms with Crippen LogP contribution in [0.5, 0.6) is 11.5 Å². The van der Waals surface area contributed by atoms with Gasteiger partial charge in [0, 0.05) is 18.2 Å². The molecule has 0 bridgehead atoms. The van der Waals surface area contributed by atoms with Gasteiger partial charge in [0.05, 0.1) is 36.4 Å². The highest BCUT2D eigenvalue weighted by Gasteiger charge is 2.29. The van der Waals surface area contributed by atoms with Crippen LogP contribution in [0.2, 0.25) is 5.02 Å². The molecule has 1 aromatic carbocycles. The highest BCUT2D eigenvalue weighted by atomic mass is 35.5. The van der Waals surface area contributed by atoms with Crippen molar-refractivity contribution in [1.29, 1.82) is 0 Å². The summed E-state index contributed by atoms with van der Waals surface area (Å²) in [7, 11) is -0.139. The van der Waals surface area contributed by atoms with Gasteiger partial charge in [-0.15, -0.1) is 0 Å². The molecule has 9 heteroatoms. The fraction of sp³-hybridized carbons (Fsp3) is 0.462. The lowest BCUT2D eigenvalue weighted by Gasteiger charge is -2.15. The van der Waals surface area contributed by atoms with Crippen LogP contribution in [0.15, 0.2) is 12.1 Å². The molecular formula is C13H17ClN2O5S. The highest BCUT2D eigenvalue weighted by Crippen LogP contribution is 2.35. The van der Waals surface area contributed by atoms with Gasteiger partial charge >= 0.3 is 6.03 Å². The summed E-state index contributed by atoms with van der Waals surface area (Å²) >= 11 is 5.99. The van der Waals surface area contributed by atoms with E-state index >= 15 is 0 Å². The Kier molecular flexibility index (Phi) is 5.02. The van der Waals surface area contributed by atoms with Crippen LogP contribution < -0.4 is 20.1 Å². The van der Waals surface area contributed by atoms with Gasteiger partial charge in [0.15, 0.2) is 9.84 Å². The van der Waals surface area contributed by atoms with Gasteiger partial charge in [-0.1, -0.05) is 11.6 Å². The van der Waals surface area contributed by atoms with Crippen molar-refractivity contribution >= 4 is 33.2 Å². The van der Waals surface area contributed by atoms with Crippen molar-refractivity contribution in [1.82, 2.24) is 5.32 Å². The van der Waals surface area contributed by atoms with E-state index in [4.69, 9.17) is 21.1 Å². The molecule has 1 atom stereocenters. The molecule has 1 aliphatic rings. The molecule has 0 aromatic heterocycles. The minimum atomic E-state index is -3.05. The Hall–Kier alpha value is -1.67. The number of benzene rings is 1. The van der Waals surface area contributed by atoms with E-state index in [9.17, 15) is 13.2 Å². The zero-order chi connectivity index (χ0) is 16.3. The van der Waals surface area contributed by atoms with E-state index in [2.05, 4.69) is 10.6 Å². The summed E-state index contributed by atoms with van der Waals surface area (Å²) in [5.41, 5.74) is 0.377. The van der Waals surface area contributed by atoms with Crippen molar-refractivity contribution in [2.45, 2.75) is 12.5 Å². The molecule has 0 unspecified atom stereocenters. The molecule has 1 fully saturated rings. The van der Waals surface area contributed by atoms with Crippen LogP contribution in [0, 0.1) is 0 Å². The van der Waals surface area contributed by atoms with Gasteiger partial charge in [0.1, 0.15) is 11.5 Å². The van der Waals surface area contributed by atoms with Crippen LogP contribution in [0.1, 0.15) is 6.42 Å². The van der Waals surface area contributed by atoms with Gasteiger partial charge in [0.2, 0.25) is 0 Å². The first-order valence-electron chi connectivity index (χ1n) is 6.54. The smallest absolute Gasteiger partial charge is 0.319 e. The van der Waals surface area contributed by atoms with Crippen LogP contribution >= 0.6 is 11.6 Å². The lowest BCUT2D eigenvalue weighted by atomic mass is 10.2. The fourth-order valence-corrected chi connectivity index (χ4v) is 4.11. The molecule has 0 aliphatic carbocycles. The predicted molar refractivity (Wildman–Crippen MR) is 83.8 cm³/mol. The highest BCUT2D eigenvalue weighted by molar-refractivity contribution is 7.91. The van der Waals surface area contributed by atoms with E-state index in [0.29, 0.717) is 28.6 Å². The fourth-order valence-electron chi connectivity index (χ4n) is 2.21. The number of nitrogens with one attached hydrogen (secondary N) is 2. The number of sulfone groups is 1. The standard InChI is InChI=1S/C13H17ClN2O5S/c1-20-11-6-10(12(21-2)5-9(11)14)16-13(17)15-8-3-4-22(18,19)7-8/h5-6,8H,3-4,7H2,1-2H3,(H2,15,16,17)/t8-/m1/s1. The quantitative estimate of drug-likeness (QED) is 0.863. The number of ether oxygens (including phenoxy) is 2. The number of carbonyl (C=O) groups is 1. The molecule has 7 nitrogen and oxygen atoms in total. The molecule has 2 N–H and O–H groups in total. The molecule has 0 saturated carbocycles. The predicted octanol–water partition coefficient (Wildman–Crippen LogP) is 1.67. The van der Waals surface area contributed by atoms with Gasteiger partial charge in [-0.3, -0.25) is 0 Å². The second-order valence-corrected chi connectivity index (χ2v) is 7.52. The summed E-state index contributed by atoms with van der Waals surface area (Å²) in [6.45, 7) is 0. The van der Waals surface area contributed by atoms with Crippen LogP contribution in [0.4, 0.5) is 10.5 Å². The second kappa shape index (κ2) is 6.62. The van der Waals surface area contributed by atoms with E-state index < -0.39 is 15.9 Å². The number of carbonyl (C=O) groups excluding carboxylic acids is 1. The number of amides is 2. The summed E-state index contributed by atoms with van der Waals surface area (Å²) < 4.78 is 33.0. The van der Waals surface area contributed by atoms with Gasteiger partial charge in [-0.25, -0.2) is 13.2 Å². The van der Waals surface area contributed by atoms with Crippen molar-refractivity contribution in [3.63, 3.8) is 0 Å². The van der Waals surface area contributed by atoms with Crippen molar-refractivity contribution in [2.24, 2.45) is 0 Å². The third-order valence-corrected chi connectivity index (χ3v) is 5.35. The largest absolute Gasteiger partial charge is 0.495 e. The normalized spacial score (nSPS) is 19.5. The Bertz CT molecular complexity index is 677. The summed E-state index contributed by atoms with van der Waals surface area (Å²) in [6.07, 6.45) is 0.414. The van der Waals surface area contributed by atoms with Crippen LogP contribution in [0.25, 0.3) is 0 Å². The molecule has 22 heavy (non-hydrogen) atoms. The SMILES string of the molecule is COc1cc(NC(=O)N[C@@H]2CCS(=O)(=O)C2)c(OC)cc1Cl. The second-order valence-electron chi connectivity index (χ2n) is 4.89. The van der Waals surface area contributed by atoms with Crippen LogP contribution in [-0.2, 0) is 9.84 Å². The summed E-state index contributed by atoms with van der Waals surface area (Å²) in [4.78, 5) is 12.0. The first-order chi connectivity index (χ1) is 10.3. The molecular weight excluding hydrogens is 332 g/mol. The summed E-state index contributed by atoms with van der Waals surface area (Å²) in [5, 5.41) is 5.59. The van der Waals surface area contributed by atoms with E-state index in [-0.39, 0.29) is 17.5 Å². The third-order valence-electron chi connectivity index (χ3n) is 3.29. The molecule has 122 valence electrons. The maximum absolute atomic E-state index is 12.0. The van der Waals surface area contributed by atoms with E-state index in [1.807, 2.05) is 0 Å². The number of anilines is 1. The number of halogens is 1. The molecule has 2 amide bonds. The zero-order valence-electron chi connectivity index (χ0n) is 12.2. The first kappa shape index (κ1) is 16.7. The minimum absolute atomic E-state index is 0.0402. The van der Waals surface area contributed by atoms with E-state index in [1.165, 1.54) is 26.4 Å². The summed E-state index contributed by atoms with van der Waals surface area (Å²) in [5.74, 6) is 0.818.